The second-order valence-electron chi connectivity index (χ2n) is 5.63. The zero-order valence-electron chi connectivity index (χ0n) is 14.6. The lowest BCUT2D eigenvalue weighted by atomic mass is 10.2. The van der Waals surface area contributed by atoms with Gasteiger partial charge in [0, 0.05) is 29.9 Å². The summed E-state index contributed by atoms with van der Waals surface area (Å²) in [5, 5.41) is 9.96. The Kier molecular flexibility index (Phi) is 5.96. The molecule has 0 saturated carbocycles. The molecule has 2 aromatic carbocycles. The SMILES string of the molecule is CCn1c(SCC(=O)N(C)c2ccccc2)nnc1-c1ccc(Cl)cc1. The van der Waals surface area contributed by atoms with Gasteiger partial charge in [0.05, 0.1) is 5.75 Å². The standard InChI is InChI=1S/C19H19ClN4OS/c1-3-24-18(14-9-11-15(20)12-10-14)21-22-19(24)26-13-17(25)23(2)16-7-5-4-6-8-16/h4-12H,3,13H2,1-2H3. The van der Waals surface area contributed by atoms with Crippen LogP contribution in [0.15, 0.2) is 59.8 Å². The second kappa shape index (κ2) is 8.38. The molecule has 1 heterocycles. The molecule has 7 heteroatoms. The Bertz CT molecular complexity index is 880. The number of thioether (sulfide) groups is 1. The molecule has 1 aromatic heterocycles. The zero-order chi connectivity index (χ0) is 18.5. The highest BCUT2D eigenvalue weighted by Gasteiger charge is 2.16. The Morgan fingerprint density at radius 1 is 1.12 bits per heavy atom. The summed E-state index contributed by atoms with van der Waals surface area (Å²) in [6.07, 6.45) is 0. The first-order valence-corrected chi connectivity index (χ1v) is 9.60. The highest BCUT2D eigenvalue weighted by atomic mass is 35.5. The number of benzene rings is 2. The number of rotatable bonds is 6. The van der Waals surface area contributed by atoms with Gasteiger partial charge in [-0.3, -0.25) is 4.79 Å². The molecule has 3 rings (SSSR count). The van der Waals surface area contributed by atoms with Crippen LogP contribution in [0.4, 0.5) is 5.69 Å². The van der Waals surface area contributed by atoms with Crippen molar-refractivity contribution in [3.05, 3.63) is 59.6 Å². The van der Waals surface area contributed by atoms with Gasteiger partial charge in [-0.05, 0) is 43.3 Å². The fourth-order valence-corrected chi connectivity index (χ4v) is 3.55. The van der Waals surface area contributed by atoms with Crippen LogP contribution in [-0.2, 0) is 11.3 Å². The fraction of sp³-hybridized carbons (Fsp3) is 0.211. The van der Waals surface area contributed by atoms with E-state index in [-0.39, 0.29) is 5.91 Å². The van der Waals surface area contributed by atoms with Gasteiger partial charge >= 0.3 is 0 Å². The Hall–Kier alpha value is -2.31. The lowest BCUT2D eigenvalue weighted by molar-refractivity contribution is -0.115. The van der Waals surface area contributed by atoms with Crippen molar-refractivity contribution in [2.24, 2.45) is 0 Å². The summed E-state index contributed by atoms with van der Waals surface area (Å²) in [4.78, 5) is 14.1. The van der Waals surface area contributed by atoms with Gasteiger partial charge in [-0.2, -0.15) is 0 Å². The van der Waals surface area contributed by atoms with Crippen LogP contribution in [0.3, 0.4) is 0 Å². The second-order valence-corrected chi connectivity index (χ2v) is 7.01. The molecule has 0 aliphatic rings. The van der Waals surface area contributed by atoms with E-state index in [1.807, 2.05) is 66.1 Å². The van der Waals surface area contributed by atoms with Crippen LogP contribution in [0.1, 0.15) is 6.92 Å². The third-order valence-electron chi connectivity index (χ3n) is 3.98. The number of carbonyl (C=O) groups excluding carboxylic acids is 1. The maximum Gasteiger partial charge on any atom is 0.237 e. The van der Waals surface area contributed by atoms with Crippen molar-refractivity contribution >= 4 is 35.0 Å². The Labute approximate surface area is 162 Å². The molecule has 1 amide bonds. The monoisotopic (exact) mass is 386 g/mol. The lowest BCUT2D eigenvalue weighted by Crippen LogP contribution is -2.27. The summed E-state index contributed by atoms with van der Waals surface area (Å²) >= 11 is 7.35. The fourth-order valence-electron chi connectivity index (χ4n) is 2.51. The largest absolute Gasteiger partial charge is 0.315 e. The van der Waals surface area contributed by atoms with E-state index in [2.05, 4.69) is 10.2 Å². The predicted octanol–water partition coefficient (Wildman–Crippen LogP) is 4.37. The molecule has 0 saturated heterocycles. The summed E-state index contributed by atoms with van der Waals surface area (Å²) in [5.74, 6) is 1.08. The third kappa shape index (κ3) is 4.08. The van der Waals surface area contributed by atoms with Gasteiger partial charge in [0.2, 0.25) is 5.91 Å². The smallest absolute Gasteiger partial charge is 0.237 e. The van der Waals surface area contributed by atoms with E-state index in [4.69, 9.17) is 11.6 Å². The average molecular weight is 387 g/mol. The van der Waals surface area contributed by atoms with Crippen LogP contribution in [0.2, 0.25) is 5.02 Å². The van der Waals surface area contributed by atoms with Crippen molar-refractivity contribution in [2.75, 3.05) is 17.7 Å². The highest BCUT2D eigenvalue weighted by Crippen LogP contribution is 2.25. The number of nitrogens with zero attached hydrogens (tertiary/aromatic N) is 4. The summed E-state index contributed by atoms with van der Waals surface area (Å²) in [5.41, 5.74) is 1.82. The molecule has 26 heavy (non-hydrogen) atoms. The third-order valence-corrected chi connectivity index (χ3v) is 5.18. The number of amides is 1. The van der Waals surface area contributed by atoms with E-state index in [1.165, 1.54) is 11.8 Å². The first-order valence-electron chi connectivity index (χ1n) is 8.23. The van der Waals surface area contributed by atoms with Gasteiger partial charge in [0.25, 0.3) is 0 Å². The van der Waals surface area contributed by atoms with Gasteiger partial charge in [-0.15, -0.1) is 10.2 Å². The van der Waals surface area contributed by atoms with E-state index < -0.39 is 0 Å². The quantitative estimate of drug-likeness (QED) is 0.590. The molecule has 0 fully saturated rings. The highest BCUT2D eigenvalue weighted by molar-refractivity contribution is 7.99. The normalized spacial score (nSPS) is 10.7. The molecule has 0 aliphatic carbocycles. The van der Waals surface area contributed by atoms with Gasteiger partial charge in [-0.1, -0.05) is 41.6 Å². The van der Waals surface area contributed by atoms with Crippen LogP contribution in [0.25, 0.3) is 11.4 Å². The van der Waals surface area contributed by atoms with Crippen molar-refractivity contribution in [1.82, 2.24) is 14.8 Å². The van der Waals surface area contributed by atoms with Gasteiger partial charge in [0.1, 0.15) is 0 Å². The topological polar surface area (TPSA) is 51.0 Å². The van der Waals surface area contributed by atoms with E-state index in [1.54, 1.807) is 11.9 Å². The van der Waals surface area contributed by atoms with Gasteiger partial charge in [0.15, 0.2) is 11.0 Å². The van der Waals surface area contributed by atoms with Crippen LogP contribution < -0.4 is 4.90 Å². The van der Waals surface area contributed by atoms with Gasteiger partial charge < -0.3 is 9.47 Å². The number of halogens is 1. The number of hydrogen-bond donors (Lipinski definition) is 0. The molecule has 5 nitrogen and oxygen atoms in total. The van der Waals surface area contributed by atoms with E-state index in [0.29, 0.717) is 10.8 Å². The number of aromatic nitrogens is 3. The zero-order valence-corrected chi connectivity index (χ0v) is 16.2. The summed E-state index contributed by atoms with van der Waals surface area (Å²) in [6, 6.07) is 17.1. The minimum Gasteiger partial charge on any atom is -0.315 e. The molecule has 134 valence electrons. The van der Waals surface area contributed by atoms with Crippen molar-refractivity contribution in [3.63, 3.8) is 0 Å². The number of anilines is 1. The Morgan fingerprint density at radius 2 is 1.81 bits per heavy atom. The Balaban J connectivity index is 1.72. The van der Waals surface area contributed by atoms with Crippen molar-refractivity contribution in [2.45, 2.75) is 18.6 Å². The summed E-state index contributed by atoms with van der Waals surface area (Å²) in [7, 11) is 1.78. The Morgan fingerprint density at radius 3 is 2.46 bits per heavy atom. The predicted molar refractivity (Wildman–Crippen MR) is 107 cm³/mol. The summed E-state index contributed by atoms with van der Waals surface area (Å²) < 4.78 is 2.00. The lowest BCUT2D eigenvalue weighted by Gasteiger charge is -2.16. The van der Waals surface area contributed by atoms with Crippen LogP contribution in [0, 0.1) is 0 Å². The van der Waals surface area contributed by atoms with Crippen molar-refractivity contribution in [3.8, 4) is 11.4 Å². The summed E-state index contributed by atoms with van der Waals surface area (Å²) in [6.45, 7) is 2.75. The van der Waals surface area contributed by atoms with E-state index in [9.17, 15) is 4.79 Å². The van der Waals surface area contributed by atoms with Crippen LogP contribution in [0.5, 0.6) is 0 Å². The molecule has 0 atom stereocenters. The molecular formula is C19H19ClN4OS. The average Bonchev–Trinajstić information content (AvgIpc) is 3.09. The first-order chi connectivity index (χ1) is 12.6. The van der Waals surface area contributed by atoms with E-state index >= 15 is 0 Å². The minimum absolute atomic E-state index is 0.0138. The van der Waals surface area contributed by atoms with Gasteiger partial charge in [-0.25, -0.2) is 0 Å². The maximum atomic E-state index is 12.5. The van der Waals surface area contributed by atoms with Crippen LogP contribution in [-0.4, -0.2) is 33.5 Å². The molecule has 0 spiro atoms. The molecule has 0 bridgehead atoms. The van der Waals surface area contributed by atoms with E-state index in [0.717, 1.165) is 28.8 Å². The molecule has 0 radical (unpaired) electrons. The molecule has 0 unspecified atom stereocenters. The molecule has 0 N–H and O–H groups in total. The van der Waals surface area contributed by atoms with Crippen molar-refractivity contribution in [1.29, 1.82) is 0 Å². The number of para-hydroxylation sites is 1. The van der Waals surface area contributed by atoms with Crippen molar-refractivity contribution < 1.29 is 4.79 Å². The first kappa shape index (κ1) is 18.5. The minimum atomic E-state index is 0.0138. The number of carbonyl (C=O) groups is 1. The molecular weight excluding hydrogens is 368 g/mol. The number of hydrogen-bond acceptors (Lipinski definition) is 4. The van der Waals surface area contributed by atoms with Crippen LogP contribution >= 0.6 is 23.4 Å². The maximum absolute atomic E-state index is 12.5. The molecule has 3 aromatic rings. The molecule has 0 aliphatic heterocycles.